The first-order valence-corrected chi connectivity index (χ1v) is 5.17. The zero-order valence-electron chi connectivity index (χ0n) is 9.13. The molecule has 17 heavy (non-hydrogen) atoms. The van der Waals surface area contributed by atoms with Gasteiger partial charge in [-0.1, -0.05) is 12.1 Å². The van der Waals surface area contributed by atoms with Crippen LogP contribution in [0.25, 0.3) is 0 Å². The van der Waals surface area contributed by atoms with Crippen molar-refractivity contribution < 1.29 is 4.79 Å². The number of aromatic nitrogens is 2. The second-order valence-corrected chi connectivity index (χ2v) is 3.43. The van der Waals surface area contributed by atoms with Crippen LogP contribution in [0.3, 0.4) is 0 Å². The fraction of sp³-hybridized carbons (Fsp3) is 0.0833. The first kappa shape index (κ1) is 11.2. The topological polar surface area (TPSA) is 80.9 Å². The second-order valence-electron chi connectivity index (χ2n) is 3.43. The van der Waals surface area contributed by atoms with E-state index in [0.717, 1.165) is 5.56 Å². The van der Waals surface area contributed by atoms with Gasteiger partial charge in [0, 0.05) is 24.5 Å². The normalized spacial score (nSPS) is 9.94. The molecule has 1 aromatic carbocycles. The predicted octanol–water partition coefficient (Wildman–Crippen LogP) is 1.19. The van der Waals surface area contributed by atoms with E-state index in [1.165, 1.54) is 0 Å². The molecule has 1 amide bonds. The van der Waals surface area contributed by atoms with Crippen LogP contribution in [-0.4, -0.2) is 15.9 Å². The molecule has 2 rings (SSSR count). The summed E-state index contributed by atoms with van der Waals surface area (Å²) >= 11 is 0. The fourth-order valence-corrected chi connectivity index (χ4v) is 1.38. The van der Waals surface area contributed by atoms with Gasteiger partial charge in [-0.05, 0) is 23.8 Å². The van der Waals surface area contributed by atoms with Crippen LogP contribution in [0.2, 0.25) is 0 Å². The van der Waals surface area contributed by atoms with E-state index in [2.05, 4.69) is 15.3 Å². The molecule has 0 aliphatic heterocycles. The molecule has 0 bridgehead atoms. The first-order valence-electron chi connectivity index (χ1n) is 5.17. The van der Waals surface area contributed by atoms with Crippen molar-refractivity contribution in [2.24, 2.45) is 5.73 Å². The van der Waals surface area contributed by atoms with E-state index in [4.69, 9.17) is 5.73 Å². The van der Waals surface area contributed by atoms with Gasteiger partial charge in [0.2, 0.25) is 5.95 Å². The van der Waals surface area contributed by atoms with Gasteiger partial charge in [-0.15, -0.1) is 0 Å². The standard InChI is InChI=1S/C12H12N4O/c13-8-9-3-1-4-10(7-9)11(17)16-12-14-5-2-6-15-12/h1-7H,8,13H2,(H,14,15,16,17). The van der Waals surface area contributed by atoms with E-state index in [9.17, 15) is 4.79 Å². The number of rotatable bonds is 3. The molecule has 1 aromatic heterocycles. The van der Waals surface area contributed by atoms with E-state index in [-0.39, 0.29) is 11.9 Å². The van der Waals surface area contributed by atoms with Gasteiger partial charge in [0.15, 0.2) is 0 Å². The highest BCUT2D eigenvalue weighted by atomic mass is 16.1. The summed E-state index contributed by atoms with van der Waals surface area (Å²) in [6, 6.07) is 8.82. The van der Waals surface area contributed by atoms with Crippen LogP contribution >= 0.6 is 0 Å². The Labute approximate surface area is 98.7 Å². The molecule has 0 fully saturated rings. The SMILES string of the molecule is NCc1cccc(C(=O)Nc2ncccn2)c1. The average Bonchev–Trinajstić information content (AvgIpc) is 2.40. The van der Waals surface area contributed by atoms with Gasteiger partial charge in [-0.25, -0.2) is 9.97 Å². The Balaban J connectivity index is 2.14. The van der Waals surface area contributed by atoms with E-state index in [1.807, 2.05) is 6.07 Å². The van der Waals surface area contributed by atoms with Crippen LogP contribution in [0.1, 0.15) is 15.9 Å². The van der Waals surface area contributed by atoms with Gasteiger partial charge < -0.3 is 5.73 Å². The van der Waals surface area contributed by atoms with Crippen molar-refractivity contribution in [1.82, 2.24) is 9.97 Å². The molecule has 0 saturated heterocycles. The molecule has 5 heteroatoms. The molecule has 3 N–H and O–H groups in total. The lowest BCUT2D eigenvalue weighted by molar-refractivity contribution is 0.102. The zero-order valence-corrected chi connectivity index (χ0v) is 9.13. The van der Waals surface area contributed by atoms with Gasteiger partial charge in [0.25, 0.3) is 5.91 Å². The lowest BCUT2D eigenvalue weighted by atomic mass is 10.1. The quantitative estimate of drug-likeness (QED) is 0.826. The minimum atomic E-state index is -0.244. The van der Waals surface area contributed by atoms with Gasteiger partial charge in [-0.3, -0.25) is 10.1 Å². The Morgan fingerprint density at radius 3 is 2.71 bits per heavy atom. The molecule has 0 atom stereocenters. The Bertz CT molecular complexity index is 513. The number of benzene rings is 1. The third-order valence-corrected chi connectivity index (χ3v) is 2.22. The minimum Gasteiger partial charge on any atom is -0.326 e. The van der Waals surface area contributed by atoms with Crippen molar-refractivity contribution in [2.75, 3.05) is 5.32 Å². The Morgan fingerprint density at radius 2 is 2.00 bits per heavy atom. The Morgan fingerprint density at radius 1 is 1.24 bits per heavy atom. The number of hydrogen-bond acceptors (Lipinski definition) is 4. The number of amides is 1. The van der Waals surface area contributed by atoms with Crippen LogP contribution in [0.5, 0.6) is 0 Å². The summed E-state index contributed by atoms with van der Waals surface area (Å²) in [6.07, 6.45) is 3.14. The Kier molecular flexibility index (Phi) is 3.42. The Hall–Kier alpha value is -2.27. The molecule has 0 spiro atoms. The summed E-state index contributed by atoms with van der Waals surface area (Å²) in [4.78, 5) is 19.7. The van der Waals surface area contributed by atoms with Crippen molar-refractivity contribution in [3.63, 3.8) is 0 Å². The number of carbonyl (C=O) groups excluding carboxylic acids is 1. The summed E-state index contributed by atoms with van der Waals surface area (Å²) in [7, 11) is 0. The molecule has 0 unspecified atom stereocenters. The molecule has 0 saturated carbocycles. The van der Waals surface area contributed by atoms with E-state index < -0.39 is 0 Å². The highest BCUT2D eigenvalue weighted by Gasteiger charge is 2.07. The third-order valence-electron chi connectivity index (χ3n) is 2.22. The van der Waals surface area contributed by atoms with Crippen LogP contribution in [0.15, 0.2) is 42.7 Å². The zero-order chi connectivity index (χ0) is 12.1. The van der Waals surface area contributed by atoms with Crippen molar-refractivity contribution in [3.8, 4) is 0 Å². The number of nitrogens with zero attached hydrogens (tertiary/aromatic N) is 2. The van der Waals surface area contributed by atoms with Crippen LogP contribution in [0.4, 0.5) is 5.95 Å². The fourth-order valence-electron chi connectivity index (χ4n) is 1.38. The molecule has 86 valence electrons. The van der Waals surface area contributed by atoms with Gasteiger partial charge in [-0.2, -0.15) is 0 Å². The lowest BCUT2D eigenvalue weighted by Gasteiger charge is -2.04. The highest BCUT2D eigenvalue weighted by molar-refractivity contribution is 6.03. The summed E-state index contributed by atoms with van der Waals surface area (Å²) in [5.74, 6) is 0.0437. The number of carbonyl (C=O) groups is 1. The van der Waals surface area contributed by atoms with E-state index in [0.29, 0.717) is 12.1 Å². The lowest BCUT2D eigenvalue weighted by Crippen LogP contribution is -2.14. The van der Waals surface area contributed by atoms with Gasteiger partial charge in [0.05, 0.1) is 0 Å². The van der Waals surface area contributed by atoms with Crippen LogP contribution < -0.4 is 11.1 Å². The molecule has 1 heterocycles. The molecule has 0 aliphatic rings. The maximum Gasteiger partial charge on any atom is 0.258 e. The maximum atomic E-state index is 11.9. The summed E-state index contributed by atoms with van der Waals surface area (Å²) in [5.41, 5.74) is 6.97. The molecular weight excluding hydrogens is 216 g/mol. The smallest absolute Gasteiger partial charge is 0.258 e. The molecule has 0 aliphatic carbocycles. The second kappa shape index (κ2) is 5.18. The van der Waals surface area contributed by atoms with Crippen molar-refractivity contribution in [1.29, 1.82) is 0 Å². The maximum absolute atomic E-state index is 11.9. The first-order chi connectivity index (χ1) is 8.29. The average molecular weight is 228 g/mol. The van der Waals surface area contributed by atoms with Crippen molar-refractivity contribution in [2.45, 2.75) is 6.54 Å². The molecular formula is C12H12N4O. The van der Waals surface area contributed by atoms with Gasteiger partial charge in [0.1, 0.15) is 0 Å². The van der Waals surface area contributed by atoms with Crippen LogP contribution in [0, 0.1) is 0 Å². The molecule has 5 nitrogen and oxygen atoms in total. The summed E-state index contributed by atoms with van der Waals surface area (Å²) < 4.78 is 0. The largest absolute Gasteiger partial charge is 0.326 e. The number of nitrogens with two attached hydrogens (primary N) is 1. The van der Waals surface area contributed by atoms with E-state index >= 15 is 0 Å². The predicted molar refractivity (Wildman–Crippen MR) is 64.3 cm³/mol. The molecule has 2 aromatic rings. The highest BCUT2D eigenvalue weighted by Crippen LogP contribution is 2.06. The van der Waals surface area contributed by atoms with Gasteiger partial charge >= 0.3 is 0 Å². The van der Waals surface area contributed by atoms with E-state index in [1.54, 1.807) is 36.7 Å². The number of anilines is 1. The number of nitrogens with one attached hydrogen (secondary N) is 1. The van der Waals surface area contributed by atoms with Crippen LogP contribution in [-0.2, 0) is 6.54 Å². The monoisotopic (exact) mass is 228 g/mol. The minimum absolute atomic E-state index is 0.244. The summed E-state index contributed by atoms with van der Waals surface area (Å²) in [6.45, 7) is 0.406. The third kappa shape index (κ3) is 2.85. The van der Waals surface area contributed by atoms with Crippen molar-refractivity contribution >= 4 is 11.9 Å². The summed E-state index contributed by atoms with van der Waals surface area (Å²) in [5, 5.41) is 2.61. The van der Waals surface area contributed by atoms with Crippen molar-refractivity contribution in [3.05, 3.63) is 53.9 Å². The molecule has 0 radical (unpaired) electrons. The number of hydrogen-bond donors (Lipinski definition) is 2.